The first-order chi connectivity index (χ1) is 11.0. The third kappa shape index (κ3) is 2.91. The zero-order chi connectivity index (χ0) is 16.6. The molecule has 6 nitrogen and oxygen atoms in total. The van der Waals surface area contributed by atoms with Crippen molar-refractivity contribution in [2.45, 2.75) is 33.2 Å². The van der Waals surface area contributed by atoms with Gasteiger partial charge < -0.3 is 5.32 Å². The van der Waals surface area contributed by atoms with Crippen molar-refractivity contribution in [1.82, 2.24) is 19.7 Å². The van der Waals surface area contributed by atoms with E-state index in [2.05, 4.69) is 15.3 Å². The number of hydrogen-bond acceptors (Lipinski definition) is 6. The van der Waals surface area contributed by atoms with Gasteiger partial charge in [0.15, 0.2) is 4.96 Å². The lowest BCUT2D eigenvalue weighted by atomic mass is 10.2. The van der Waals surface area contributed by atoms with Crippen molar-refractivity contribution in [3.8, 4) is 0 Å². The zero-order valence-corrected chi connectivity index (χ0v) is 14.6. The van der Waals surface area contributed by atoms with Crippen LogP contribution in [0.15, 0.2) is 22.6 Å². The fourth-order valence-electron chi connectivity index (χ4n) is 2.20. The Hall–Kier alpha value is -2.06. The van der Waals surface area contributed by atoms with Crippen LogP contribution in [0.25, 0.3) is 4.96 Å². The molecule has 0 aliphatic rings. The molecule has 0 aliphatic carbocycles. The molecule has 1 atom stereocenters. The van der Waals surface area contributed by atoms with E-state index < -0.39 is 5.91 Å². The number of amides is 1. The van der Waals surface area contributed by atoms with Gasteiger partial charge in [-0.05, 0) is 20.3 Å². The molecule has 3 heterocycles. The number of carbonyl (C=O) groups excluding carboxylic acids is 1. The highest BCUT2D eigenvalue weighted by atomic mass is 32.1. The maximum atomic E-state index is 12.5. The van der Waals surface area contributed by atoms with E-state index >= 15 is 0 Å². The van der Waals surface area contributed by atoms with Crippen molar-refractivity contribution in [3.63, 3.8) is 0 Å². The molecule has 0 spiro atoms. The summed E-state index contributed by atoms with van der Waals surface area (Å²) in [6.07, 6.45) is 3.67. The quantitative estimate of drug-likeness (QED) is 0.786. The topological polar surface area (TPSA) is 76.4 Å². The third-order valence-electron chi connectivity index (χ3n) is 3.64. The SMILES string of the molecule is CC[C@@H](NC(=O)c1cnc2sccn2c1=O)c1nc(C)c(C)s1. The first kappa shape index (κ1) is 15.8. The number of nitrogens with zero attached hydrogens (tertiary/aromatic N) is 3. The van der Waals surface area contributed by atoms with Crippen LogP contribution in [0, 0.1) is 13.8 Å². The third-order valence-corrected chi connectivity index (χ3v) is 5.60. The van der Waals surface area contributed by atoms with Crippen LogP contribution in [0.4, 0.5) is 0 Å². The Morgan fingerprint density at radius 3 is 2.87 bits per heavy atom. The molecule has 3 aromatic rings. The molecule has 1 amide bonds. The van der Waals surface area contributed by atoms with Crippen LogP contribution < -0.4 is 10.9 Å². The maximum Gasteiger partial charge on any atom is 0.271 e. The van der Waals surface area contributed by atoms with E-state index in [0.717, 1.165) is 15.6 Å². The number of rotatable bonds is 4. The van der Waals surface area contributed by atoms with Crippen LogP contribution in [-0.2, 0) is 0 Å². The minimum atomic E-state index is -0.416. The Labute approximate surface area is 140 Å². The molecule has 120 valence electrons. The average molecular weight is 348 g/mol. The fourth-order valence-corrected chi connectivity index (χ4v) is 3.93. The summed E-state index contributed by atoms with van der Waals surface area (Å²) in [4.78, 5) is 35.2. The van der Waals surface area contributed by atoms with E-state index in [-0.39, 0.29) is 17.2 Å². The summed E-state index contributed by atoms with van der Waals surface area (Å²) in [7, 11) is 0. The minimum Gasteiger partial charge on any atom is -0.343 e. The summed E-state index contributed by atoms with van der Waals surface area (Å²) in [5, 5.41) is 5.52. The van der Waals surface area contributed by atoms with Crippen molar-refractivity contribution in [1.29, 1.82) is 0 Å². The molecule has 23 heavy (non-hydrogen) atoms. The highest BCUT2D eigenvalue weighted by Gasteiger charge is 2.20. The molecule has 0 saturated carbocycles. The van der Waals surface area contributed by atoms with E-state index in [9.17, 15) is 9.59 Å². The van der Waals surface area contributed by atoms with Gasteiger partial charge in [0.2, 0.25) is 0 Å². The van der Waals surface area contributed by atoms with Gasteiger partial charge in [-0.25, -0.2) is 9.97 Å². The summed E-state index contributed by atoms with van der Waals surface area (Å²) >= 11 is 2.92. The lowest BCUT2D eigenvalue weighted by Crippen LogP contribution is -2.33. The second-order valence-electron chi connectivity index (χ2n) is 5.16. The lowest BCUT2D eigenvalue weighted by molar-refractivity contribution is 0.0933. The number of aryl methyl sites for hydroxylation is 2. The van der Waals surface area contributed by atoms with Gasteiger partial charge in [0, 0.05) is 22.7 Å². The molecule has 0 radical (unpaired) electrons. The van der Waals surface area contributed by atoms with Gasteiger partial charge in [0.1, 0.15) is 10.6 Å². The van der Waals surface area contributed by atoms with E-state index in [1.54, 1.807) is 22.9 Å². The number of fused-ring (bicyclic) bond motifs is 1. The average Bonchev–Trinajstić information content (AvgIpc) is 3.13. The predicted molar refractivity (Wildman–Crippen MR) is 91.4 cm³/mol. The van der Waals surface area contributed by atoms with Crippen LogP contribution in [0.5, 0.6) is 0 Å². The molecule has 0 bridgehead atoms. The molecule has 8 heteroatoms. The Morgan fingerprint density at radius 1 is 1.43 bits per heavy atom. The predicted octanol–water partition coefficient (Wildman–Crippen LogP) is 2.71. The van der Waals surface area contributed by atoms with Crippen molar-refractivity contribution in [2.24, 2.45) is 0 Å². The molecular weight excluding hydrogens is 332 g/mol. The second kappa shape index (κ2) is 6.21. The molecule has 1 N–H and O–H groups in total. The molecule has 0 fully saturated rings. The molecule has 0 aliphatic heterocycles. The number of nitrogens with one attached hydrogen (secondary N) is 1. The van der Waals surface area contributed by atoms with Crippen LogP contribution in [0.1, 0.15) is 45.3 Å². The maximum absolute atomic E-state index is 12.5. The second-order valence-corrected chi connectivity index (χ2v) is 7.27. The van der Waals surface area contributed by atoms with Crippen LogP contribution >= 0.6 is 22.7 Å². The first-order valence-corrected chi connectivity index (χ1v) is 8.90. The van der Waals surface area contributed by atoms with E-state index in [1.165, 1.54) is 21.9 Å². The molecule has 0 aromatic carbocycles. The van der Waals surface area contributed by atoms with Gasteiger partial charge >= 0.3 is 0 Å². The summed E-state index contributed by atoms with van der Waals surface area (Å²) in [6.45, 7) is 5.93. The number of aromatic nitrogens is 3. The van der Waals surface area contributed by atoms with Gasteiger partial charge in [-0.2, -0.15) is 0 Å². The van der Waals surface area contributed by atoms with Crippen molar-refractivity contribution < 1.29 is 4.79 Å². The van der Waals surface area contributed by atoms with Crippen LogP contribution in [0.3, 0.4) is 0 Å². The van der Waals surface area contributed by atoms with Gasteiger partial charge in [-0.1, -0.05) is 6.92 Å². The Kier molecular flexibility index (Phi) is 4.27. The summed E-state index contributed by atoms with van der Waals surface area (Å²) in [6, 6.07) is -0.206. The monoisotopic (exact) mass is 348 g/mol. The van der Waals surface area contributed by atoms with Crippen molar-refractivity contribution in [3.05, 3.63) is 49.3 Å². The van der Waals surface area contributed by atoms with Crippen molar-refractivity contribution in [2.75, 3.05) is 0 Å². The summed E-state index contributed by atoms with van der Waals surface area (Å²) in [5.74, 6) is -0.416. The smallest absolute Gasteiger partial charge is 0.271 e. The zero-order valence-electron chi connectivity index (χ0n) is 13.0. The summed E-state index contributed by atoms with van der Waals surface area (Å²) in [5.41, 5.74) is 0.665. The fraction of sp³-hybridized carbons (Fsp3) is 0.333. The molecule has 3 aromatic heterocycles. The Bertz CT molecular complexity index is 906. The van der Waals surface area contributed by atoms with Gasteiger partial charge in [-0.3, -0.25) is 14.0 Å². The first-order valence-electron chi connectivity index (χ1n) is 7.21. The number of hydrogen-bond donors (Lipinski definition) is 1. The van der Waals surface area contributed by atoms with E-state index in [4.69, 9.17) is 0 Å². The summed E-state index contributed by atoms with van der Waals surface area (Å²) < 4.78 is 1.39. The largest absolute Gasteiger partial charge is 0.343 e. The van der Waals surface area contributed by atoms with Crippen molar-refractivity contribution >= 4 is 33.5 Å². The van der Waals surface area contributed by atoms with E-state index in [0.29, 0.717) is 11.4 Å². The van der Waals surface area contributed by atoms with Gasteiger partial charge in [0.25, 0.3) is 11.5 Å². The highest BCUT2D eigenvalue weighted by molar-refractivity contribution is 7.15. The van der Waals surface area contributed by atoms with Crippen LogP contribution in [-0.4, -0.2) is 20.3 Å². The molecule has 3 rings (SSSR count). The highest BCUT2D eigenvalue weighted by Crippen LogP contribution is 2.25. The molecule has 0 saturated heterocycles. The van der Waals surface area contributed by atoms with Crippen LogP contribution in [0.2, 0.25) is 0 Å². The van der Waals surface area contributed by atoms with Gasteiger partial charge in [-0.15, -0.1) is 22.7 Å². The molecule has 0 unspecified atom stereocenters. The normalized spacial score (nSPS) is 12.5. The Balaban J connectivity index is 1.89. The number of carbonyl (C=O) groups is 1. The number of thiazole rings is 2. The van der Waals surface area contributed by atoms with Gasteiger partial charge in [0.05, 0.1) is 11.7 Å². The Morgan fingerprint density at radius 2 is 2.22 bits per heavy atom. The standard InChI is InChI=1S/C15H16N4O2S2/c1-4-11(13-17-8(2)9(3)23-13)18-12(20)10-7-16-15-19(14(10)21)5-6-22-15/h5-7,11H,4H2,1-3H3,(H,18,20)/t11-/m1/s1. The lowest BCUT2D eigenvalue weighted by Gasteiger charge is -2.14. The van der Waals surface area contributed by atoms with E-state index in [1.807, 2.05) is 20.8 Å². The molecular formula is C15H16N4O2S2. The minimum absolute atomic E-state index is 0.0457.